The third-order valence-electron chi connectivity index (χ3n) is 2.39. The fourth-order valence-electron chi connectivity index (χ4n) is 1.50. The van der Waals surface area contributed by atoms with E-state index in [0.717, 1.165) is 5.56 Å². The zero-order chi connectivity index (χ0) is 13.8. The Balaban J connectivity index is 2.38. The zero-order valence-electron chi connectivity index (χ0n) is 10.0. The van der Waals surface area contributed by atoms with Crippen molar-refractivity contribution in [1.29, 1.82) is 5.26 Å². The maximum Gasteiger partial charge on any atom is 0.311 e. The minimum Gasteiger partial charge on any atom is -0.432 e. The summed E-state index contributed by atoms with van der Waals surface area (Å²) in [5.74, 6) is 0.240. The number of hydrogen-bond donors (Lipinski definition) is 0. The van der Waals surface area contributed by atoms with E-state index in [1.54, 1.807) is 13.0 Å². The number of pyridine rings is 1. The predicted molar refractivity (Wildman–Crippen MR) is 66.9 cm³/mol. The lowest BCUT2D eigenvalue weighted by molar-refractivity contribution is -0.385. The van der Waals surface area contributed by atoms with Gasteiger partial charge in [0.2, 0.25) is 11.6 Å². The van der Waals surface area contributed by atoms with Crippen LogP contribution in [0.4, 0.5) is 5.69 Å². The van der Waals surface area contributed by atoms with Crippen LogP contribution >= 0.6 is 0 Å². The smallest absolute Gasteiger partial charge is 0.311 e. The summed E-state index contributed by atoms with van der Waals surface area (Å²) in [5, 5.41) is 19.7. The Kier molecular flexibility index (Phi) is 3.39. The molecule has 0 aliphatic carbocycles. The van der Waals surface area contributed by atoms with E-state index in [0.29, 0.717) is 5.56 Å². The van der Waals surface area contributed by atoms with Crippen LogP contribution in [0.1, 0.15) is 11.1 Å². The van der Waals surface area contributed by atoms with Gasteiger partial charge in [0.05, 0.1) is 16.6 Å². The normalized spacial score (nSPS) is 9.68. The van der Waals surface area contributed by atoms with Gasteiger partial charge in [-0.3, -0.25) is 10.1 Å². The molecule has 1 aromatic heterocycles. The molecule has 0 aliphatic heterocycles. The van der Waals surface area contributed by atoms with Crippen LogP contribution in [-0.4, -0.2) is 9.91 Å². The summed E-state index contributed by atoms with van der Waals surface area (Å²) in [6, 6.07) is 9.52. The molecule has 0 atom stereocenters. The first-order valence-corrected chi connectivity index (χ1v) is 5.39. The predicted octanol–water partition coefficient (Wildman–Crippen LogP) is 2.96. The Morgan fingerprint density at radius 3 is 2.84 bits per heavy atom. The molecular weight excluding hydrogens is 246 g/mol. The summed E-state index contributed by atoms with van der Waals surface area (Å²) in [5.41, 5.74) is 1.00. The lowest BCUT2D eigenvalue weighted by Crippen LogP contribution is -1.95. The molecule has 0 aliphatic rings. The molecule has 2 rings (SSSR count). The van der Waals surface area contributed by atoms with Crippen molar-refractivity contribution in [2.24, 2.45) is 0 Å². The second-order valence-electron chi connectivity index (χ2n) is 3.82. The topological polar surface area (TPSA) is 89.0 Å². The fourth-order valence-corrected chi connectivity index (χ4v) is 1.50. The number of nitriles is 1. The van der Waals surface area contributed by atoms with Gasteiger partial charge < -0.3 is 4.74 Å². The first-order chi connectivity index (χ1) is 9.10. The number of ether oxygens (including phenoxy) is 1. The van der Waals surface area contributed by atoms with Crippen molar-refractivity contribution in [3.05, 3.63) is 57.8 Å². The van der Waals surface area contributed by atoms with Crippen LogP contribution in [0.25, 0.3) is 0 Å². The molecule has 2 aromatic rings. The van der Waals surface area contributed by atoms with E-state index in [-0.39, 0.29) is 17.3 Å². The van der Waals surface area contributed by atoms with Crippen LogP contribution in [0.15, 0.2) is 36.5 Å². The minimum atomic E-state index is -0.517. The Hall–Kier alpha value is -2.94. The summed E-state index contributed by atoms with van der Waals surface area (Å²) >= 11 is 0. The Labute approximate surface area is 109 Å². The molecule has 0 unspecified atom stereocenters. The second-order valence-corrected chi connectivity index (χ2v) is 3.82. The number of hydrogen-bond acceptors (Lipinski definition) is 5. The summed E-state index contributed by atoms with van der Waals surface area (Å²) < 4.78 is 5.36. The molecule has 6 heteroatoms. The van der Waals surface area contributed by atoms with Crippen molar-refractivity contribution < 1.29 is 9.66 Å². The third-order valence-corrected chi connectivity index (χ3v) is 2.39. The number of aromatic nitrogens is 1. The van der Waals surface area contributed by atoms with Crippen molar-refractivity contribution in [2.45, 2.75) is 6.92 Å². The van der Waals surface area contributed by atoms with E-state index in [1.807, 2.05) is 6.07 Å². The standard InChI is InChI=1S/C13H9N3O3/c1-9-2-3-12(11(6-9)16(17)18)19-13-7-10(8-14)4-5-15-13/h2-7H,1H3. The summed E-state index contributed by atoms with van der Waals surface area (Å²) in [6.45, 7) is 1.76. The van der Waals surface area contributed by atoms with Gasteiger partial charge in [-0.25, -0.2) is 4.98 Å². The van der Waals surface area contributed by atoms with E-state index in [4.69, 9.17) is 10.00 Å². The van der Waals surface area contributed by atoms with Crippen molar-refractivity contribution >= 4 is 5.69 Å². The number of nitro benzene ring substituents is 1. The lowest BCUT2D eigenvalue weighted by Gasteiger charge is -2.05. The molecule has 0 fully saturated rings. The maximum atomic E-state index is 10.9. The molecule has 19 heavy (non-hydrogen) atoms. The van der Waals surface area contributed by atoms with Crippen molar-refractivity contribution in [1.82, 2.24) is 4.98 Å². The van der Waals surface area contributed by atoms with Crippen molar-refractivity contribution in [2.75, 3.05) is 0 Å². The monoisotopic (exact) mass is 255 g/mol. The van der Waals surface area contributed by atoms with E-state index in [2.05, 4.69) is 4.98 Å². The van der Waals surface area contributed by atoms with Crippen molar-refractivity contribution in [3.63, 3.8) is 0 Å². The van der Waals surface area contributed by atoms with Crippen LogP contribution < -0.4 is 4.74 Å². The fraction of sp³-hybridized carbons (Fsp3) is 0.0769. The quantitative estimate of drug-likeness (QED) is 0.621. The number of nitrogens with zero attached hydrogens (tertiary/aromatic N) is 3. The molecule has 0 spiro atoms. The number of aryl methyl sites for hydroxylation is 1. The highest BCUT2D eigenvalue weighted by molar-refractivity contribution is 5.50. The van der Waals surface area contributed by atoms with Gasteiger partial charge in [-0.15, -0.1) is 0 Å². The zero-order valence-corrected chi connectivity index (χ0v) is 10.0. The molecule has 0 saturated carbocycles. The molecular formula is C13H9N3O3. The van der Waals surface area contributed by atoms with Gasteiger partial charge in [0.15, 0.2) is 0 Å². The van der Waals surface area contributed by atoms with Gasteiger partial charge in [-0.2, -0.15) is 5.26 Å². The SMILES string of the molecule is Cc1ccc(Oc2cc(C#N)ccn2)c([N+](=O)[O-])c1. The van der Waals surface area contributed by atoms with Crippen LogP contribution in [0, 0.1) is 28.4 Å². The molecule has 0 N–H and O–H groups in total. The first-order valence-electron chi connectivity index (χ1n) is 5.39. The third kappa shape index (κ3) is 2.84. The highest BCUT2D eigenvalue weighted by atomic mass is 16.6. The highest BCUT2D eigenvalue weighted by Gasteiger charge is 2.16. The van der Waals surface area contributed by atoms with Gasteiger partial charge in [0.1, 0.15) is 0 Å². The van der Waals surface area contributed by atoms with Gasteiger partial charge in [0, 0.05) is 18.3 Å². The lowest BCUT2D eigenvalue weighted by atomic mass is 10.2. The molecule has 0 radical (unpaired) electrons. The van der Waals surface area contributed by atoms with Crippen LogP contribution in [0.5, 0.6) is 11.6 Å². The van der Waals surface area contributed by atoms with Crippen LogP contribution in [0.2, 0.25) is 0 Å². The summed E-state index contributed by atoms with van der Waals surface area (Å²) in [4.78, 5) is 14.3. The largest absolute Gasteiger partial charge is 0.432 e. The van der Waals surface area contributed by atoms with E-state index >= 15 is 0 Å². The average molecular weight is 255 g/mol. The summed E-state index contributed by atoms with van der Waals surface area (Å²) in [6.07, 6.45) is 1.41. The van der Waals surface area contributed by atoms with E-state index < -0.39 is 4.92 Å². The van der Waals surface area contributed by atoms with Gasteiger partial charge in [-0.05, 0) is 24.6 Å². The number of rotatable bonds is 3. The Bertz CT molecular complexity index is 677. The molecule has 94 valence electrons. The molecule has 0 bridgehead atoms. The molecule has 0 amide bonds. The van der Waals surface area contributed by atoms with E-state index in [9.17, 15) is 10.1 Å². The number of nitro groups is 1. The average Bonchev–Trinajstić information content (AvgIpc) is 2.41. The molecule has 6 nitrogen and oxygen atoms in total. The highest BCUT2D eigenvalue weighted by Crippen LogP contribution is 2.31. The Morgan fingerprint density at radius 2 is 2.16 bits per heavy atom. The second kappa shape index (κ2) is 5.14. The molecule has 0 saturated heterocycles. The molecule has 1 aromatic carbocycles. The molecule has 1 heterocycles. The van der Waals surface area contributed by atoms with Crippen LogP contribution in [-0.2, 0) is 0 Å². The summed E-state index contributed by atoms with van der Waals surface area (Å²) in [7, 11) is 0. The van der Waals surface area contributed by atoms with Gasteiger partial charge in [0.25, 0.3) is 0 Å². The van der Waals surface area contributed by atoms with Gasteiger partial charge >= 0.3 is 5.69 Å². The van der Waals surface area contributed by atoms with Crippen molar-refractivity contribution in [3.8, 4) is 17.7 Å². The minimum absolute atomic E-state index is 0.0955. The van der Waals surface area contributed by atoms with Crippen LogP contribution in [0.3, 0.4) is 0 Å². The Morgan fingerprint density at radius 1 is 1.37 bits per heavy atom. The number of benzene rings is 1. The first kappa shape index (κ1) is 12.5. The van der Waals surface area contributed by atoms with Gasteiger partial charge in [-0.1, -0.05) is 6.07 Å². The maximum absolute atomic E-state index is 10.9. The van der Waals surface area contributed by atoms with E-state index in [1.165, 1.54) is 30.5 Å².